The summed E-state index contributed by atoms with van der Waals surface area (Å²) < 4.78 is 5.18. The predicted octanol–water partition coefficient (Wildman–Crippen LogP) is -0.371. The number of carbonyl (C=O) groups is 1. The van der Waals surface area contributed by atoms with E-state index in [1.165, 1.54) is 0 Å². The summed E-state index contributed by atoms with van der Waals surface area (Å²) in [6.07, 6.45) is 1.43. The molecule has 1 heterocycles. The molecule has 0 aromatic rings. The highest BCUT2D eigenvalue weighted by molar-refractivity contribution is 5.74. The molecule has 4 heteroatoms. The van der Waals surface area contributed by atoms with Crippen molar-refractivity contribution in [2.45, 2.75) is 31.8 Å². The second-order valence-corrected chi connectivity index (χ2v) is 3.30. The molecule has 1 aliphatic heterocycles. The zero-order valence-electron chi connectivity index (χ0n) is 7.38. The molecule has 1 amide bonds. The lowest BCUT2D eigenvalue weighted by Crippen LogP contribution is -2.39. The van der Waals surface area contributed by atoms with Crippen LogP contribution in [0.1, 0.15) is 19.8 Å². The molecule has 0 saturated carbocycles. The number of carbonyl (C=O) groups excluding carboxylic acids is 1. The van der Waals surface area contributed by atoms with E-state index in [9.17, 15) is 4.79 Å². The summed E-state index contributed by atoms with van der Waals surface area (Å²) in [7, 11) is 0. The minimum absolute atomic E-state index is 0.161. The van der Waals surface area contributed by atoms with Crippen molar-refractivity contribution < 1.29 is 9.53 Å². The number of nitrogens with one attached hydrogen (secondary N) is 1. The SMILES string of the molecule is CC(CC(N)=O)NC1CCOC1. The van der Waals surface area contributed by atoms with Gasteiger partial charge in [-0.15, -0.1) is 0 Å². The van der Waals surface area contributed by atoms with Crippen LogP contribution >= 0.6 is 0 Å². The smallest absolute Gasteiger partial charge is 0.218 e. The van der Waals surface area contributed by atoms with Crippen LogP contribution in [-0.2, 0) is 9.53 Å². The third-order valence-corrected chi connectivity index (χ3v) is 1.96. The predicted molar refractivity (Wildman–Crippen MR) is 45.6 cm³/mol. The Kier molecular flexibility index (Phi) is 3.49. The molecule has 1 rings (SSSR count). The van der Waals surface area contributed by atoms with E-state index >= 15 is 0 Å². The highest BCUT2D eigenvalue weighted by atomic mass is 16.5. The summed E-state index contributed by atoms with van der Waals surface area (Å²) >= 11 is 0. The van der Waals surface area contributed by atoms with Crippen molar-refractivity contribution in [2.24, 2.45) is 5.73 Å². The Bertz CT molecular complexity index is 155. The van der Waals surface area contributed by atoms with Crippen LogP contribution in [0.15, 0.2) is 0 Å². The van der Waals surface area contributed by atoms with Crippen LogP contribution in [-0.4, -0.2) is 31.2 Å². The zero-order valence-corrected chi connectivity index (χ0v) is 7.38. The van der Waals surface area contributed by atoms with Crippen LogP contribution in [0.5, 0.6) is 0 Å². The Morgan fingerprint density at radius 2 is 2.58 bits per heavy atom. The van der Waals surface area contributed by atoms with Gasteiger partial charge < -0.3 is 15.8 Å². The van der Waals surface area contributed by atoms with Crippen LogP contribution in [0.3, 0.4) is 0 Å². The van der Waals surface area contributed by atoms with E-state index in [4.69, 9.17) is 10.5 Å². The average Bonchev–Trinajstić information content (AvgIpc) is 2.37. The van der Waals surface area contributed by atoms with Crippen LogP contribution in [0, 0.1) is 0 Å². The molecule has 12 heavy (non-hydrogen) atoms. The first-order chi connectivity index (χ1) is 5.68. The van der Waals surface area contributed by atoms with Crippen LogP contribution in [0.25, 0.3) is 0 Å². The lowest BCUT2D eigenvalue weighted by atomic mass is 10.2. The first kappa shape index (κ1) is 9.48. The second-order valence-electron chi connectivity index (χ2n) is 3.30. The summed E-state index contributed by atoms with van der Waals surface area (Å²) in [5, 5.41) is 3.28. The standard InChI is InChI=1S/C8H16N2O2/c1-6(4-8(9)11)10-7-2-3-12-5-7/h6-7,10H,2-5H2,1H3,(H2,9,11). The van der Waals surface area contributed by atoms with Gasteiger partial charge in [-0.05, 0) is 13.3 Å². The van der Waals surface area contributed by atoms with Gasteiger partial charge in [0, 0.05) is 25.1 Å². The lowest BCUT2D eigenvalue weighted by Gasteiger charge is -2.16. The molecule has 2 unspecified atom stereocenters. The Hall–Kier alpha value is -0.610. The molecule has 0 radical (unpaired) electrons. The normalized spacial score (nSPS) is 25.6. The largest absolute Gasteiger partial charge is 0.380 e. The van der Waals surface area contributed by atoms with Crippen molar-refractivity contribution in [2.75, 3.05) is 13.2 Å². The second kappa shape index (κ2) is 4.42. The molecule has 0 aromatic carbocycles. The fraction of sp³-hybridized carbons (Fsp3) is 0.875. The monoisotopic (exact) mass is 172 g/mol. The van der Waals surface area contributed by atoms with Crippen molar-refractivity contribution in [3.63, 3.8) is 0 Å². The molecule has 3 N–H and O–H groups in total. The number of hydrogen-bond donors (Lipinski definition) is 2. The summed E-state index contributed by atoms with van der Waals surface area (Å²) in [5.74, 6) is -0.256. The first-order valence-electron chi connectivity index (χ1n) is 4.30. The first-order valence-corrected chi connectivity index (χ1v) is 4.30. The maximum Gasteiger partial charge on any atom is 0.218 e. The maximum absolute atomic E-state index is 10.5. The molecule has 0 aliphatic carbocycles. The molecule has 1 saturated heterocycles. The van der Waals surface area contributed by atoms with Gasteiger partial charge >= 0.3 is 0 Å². The van der Waals surface area contributed by atoms with E-state index in [2.05, 4.69) is 5.32 Å². The van der Waals surface area contributed by atoms with Gasteiger partial charge in [-0.1, -0.05) is 0 Å². The third-order valence-electron chi connectivity index (χ3n) is 1.96. The zero-order chi connectivity index (χ0) is 8.97. The average molecular weight is 172 g/mol. The highest BCUT2D eigenvalue weighted by Crippen LogP contribution is 2.05. The molecule has 0 aromatic heterocycles. The molecule has 1 aliphatic rings. The Labute approximate surface area is 72.5 Å². The van der Waals surface area contributed by atoms with Crippen molar-refractivity contribution in [1.82, 2.24) is 5.32 Å². The van der Waals surface area contributed by atoms with E-state index in [0.29, 0.717) is 12.5 Å². The number of amides is 1. The molecule has 0 bridgehead atoms. The van der Waals surface area contributed by atoms with Crippen molar-refractivity contribution in [1.29, 1.82) is 0 Å². The summed E-state index contributed by atoms with van der Waals surface area (Å²) in [6.45, 7) is 3.53. The van der Waals surface area contributed by atoms with E-state index < -0.39 is 0 Å². The minimum atomic E-state index is -0.256. The van der Waals surface area contributed by atoms with Gasteiger partial charge in [-0.3, -0.25) is 4.79 Å². The van der Waals surface area contributed by atoms with Gasteiger partial charge in [0.15, 0.2) is 0 Å². The topological polar surface area (TPSA) is 64.4 Å². The van der Waals surface area contributed by atoms with E-state index in [1.807, 2.05) is 6.92 Å². The summed E-state index contributed by atoms with van der Waals surface area (Å²) in [4.78, 5) is 10.5. The van der Waals surface area contributed by atoms with Gasteiger partial charge in [0.1, 0.15) is 0 Å². The van der Waals surface area contributed by atoms with Crippen LogP contribution in [0.2, 0.25) is 0 Å². The van der Waals surface area contributed by atoms with Gasteiger partial charge in [0.05, 0.1) is 6.61 Å². The molecular weight excluding hydrogens is 156 g/mol. The van der Waals surface area contributed by atoms with E-state index in [-0.39, 0.29) is 11.9 Å². The minimum Gasteiger partial charge on any atom is -0.380 e. The lowest BCUT2D eigenvalue weighted by molar-refractivity contribution is -0.118. The van der Waals surface area contributed by atoms with Crippen LogP contribution < -0.4 is 11.1 Å². The van der Waals surface area contributed by atoms with Crippen molar-refractivity contribution in [3.05, 3.63) is 0 Å². The number of nitrogens with two attached hydrogens (primary N) is 1. The van der Waals surface area contributed by atoms with E-state index in [1.54, 1.807) is 0 Å². The Balaban J connectivity index is 2.16. The number of rotatable bonds is 4. The number of primary amides is 1. The molecule has 2 atom stereocenters. The number of hydrogen-bond acceptors (Lipinski definition) is 3. The maximum atomic E-state index is 10.5. The fourth-order valence-electron chi connectivity index (χ4n) is 1.43. The van der Waals surface area contributed by atoms with Crippen molar-refractivity contribution >= 4 is 5.91 Å². The molecular formula is C8H16N2O2. The summed E-state index contributed by atoms with van der Waals surface area (Å²) in [6, 6.07) is 0.563. The molecule has 1 fully saturated rings. The highest BCUT2D eigenvalue weighted by Gasteiger charge is 2.17. The van der Waals surface area contributed by atoms with Gasteiger partial charge in [-0.25, -0.2) is 0 Å². The Morgan fingerprint density at radius 1 is 1.83 bits per heavy atom. The van der Waals surface area contributed by atoms with Gasteiger partial charge in [-0.2, -0.15) is 0 Å². The molecule has 70 valence electrons. The molecule has 0 spiro atoms. The summed E-state index contributed by atoms with van der Waals surface area (Å²) in [5.41, 5.74) is 5.06. The fourth-order valence-corrected chi connectivity index (χ4v) is 1.43. The van der Waals surface area contributed by atoms with Crippen molar-refractivity contribution in [3.8, 4) is 0 Å². The van der Waals surface area contributed by atoms with Crippen LogP contribution in [0.4, 0.5) is 0 Å². The molecule has 4 nitrogen and oxygen atoms in total. The van der Waals surface area contributed by atoms with Gasteiger partial charge in [0.2, 0.25) is 5.91 Å². The van der Waals surface area contributed by atoms with E-state index in [0.717, 1.165) is 19.6 Å². The number of ether oxygens (including phenoxy) is 1. The third kappa shape index (κ3) is 3.19. The quantitative estimate of drug-likeness (QED) is 0.608. The Morgan fingerprint density at radius 3 is 3.08 bits per heavy atom. The van der Waals surface area contributed by atoms with Gasteiger partial charge in [0.25, 0.3) is 0 Å².